The van der Waals surface area contributed by atoms with Gasteiger partial charge in [-0.15, -0.1) is 18.3 Å². The Morgan fingerprint density at radius 2 is 2.15 bits per heavy atom. The van der Waals surface area contributed by atoms with E-state index in [2.05, 4.69) is 25.6 Å². The van der Waals surface area contributed by atoms with Crippen molar-refractivity contribution >= 4 is 17.7 Å². The van der Waals surface area contributed by atoms with Gasteiger partial charge in [0.15, 0.2) is 0 Å². The first kappa shape index (κ1) is 19.4. The lowest BCUT2D eigenvalue weighted by Gasteiger charge is -2.11. The summed E-state index contributed by atoms with van der Waals surface area (Å²) in [6.45, 7) is 1.18. The number of hydrogen-bond acceptors (Lipinski definition) is 7. The maximum atomic E-state index is 12.2. The average Bonchev–Trinajstić information content (AvgIpc) is 3.29. The lowest BCUT2D eigenvalue weighted by Crippen LogP contribution is -2.32. The standard InChI is InChI=1S/C15H16F3N5O3S/c16-15(17,18)26-11-5-3-10(4-6-11)23-14(20-21-22-23)27-9-13(24)19-8-12-2-1-7-25-12/h3-6,12H,1-2,7-9H2,(H,19,24)/t12-/m1/s1. The van der Waals surface area contributed by atoms with Crippen LogP contribution in [0.15, 0.2) is 29.4 Å². The molecule has 0 unspecified atom stereocenters. The smallest absolute Gasteiger partial charge is 0.406 e. The van der Waals surface area contributed by atoms with E-state index in [1.165, 1.54) is 16.8 Å². The Kier molecular flexibility index (Phi) is 6.16. The number of nitrogens with one attached hydrogen (secondary N) is 1. The van der Waals surface area contributed by atoms with Gasteiger partial charge in [-0.25, -0.2) is 0 Å². The van der Waals surface area contributed by atoms with Gasteiger partial charge in [0.05, 0.1) is 17.5 Å². The number of carbonyl (C=O) groups is 1. The van der Waals surface area contributed by atoms with Gasteiger partial charge in [-0.2, -0.15) is 4.68 Å². The third-order valence-corrected chi connectivity index (χ3v) is 4.56. The minimum Gasteiger partial charge on any atom is -0.406 e. The largest absolute Gasteiger partial charge is 0.573 e. The number of amides is 1. The Morgan fingerprint density at radius 1 is 1.37 bits per heavy atom. The van der Waals surface area contributed by atoms with Crippen LogP contribution in [0.4, 0.5) is 13.2 Å². The third kappa shape index (κ3) is 5.82. The Balaban J connectivity index is 1.54. The molecule has 1 aliphatic heterocycles. The van der Waals surface area contributed by atoms with Crippen molar-refractivity contribution in [1.29, 1.82) is 0 Å². The summed E-state index contributed by atoms with van der Waals surface area (Å²) in [5.41, 5.74) is 0.441. The van der Waals surface area contributed by atoms with Crippen molar-refractivity contribution in [1.82, 2.24) is 25.5 Å². The molecule has 2 heterocycles. The molecule has 1 fully saturated rings. The van der Waals surface area contributed by atoms with Crippen molar-refractivity contribution in [2.24, 2.45) is 0 Å². The molecule has 8 nitrogen and oxygen atoms in total. The molecule has 0 radical (unpaired) electrons. The summed E-state index contributed by atoms with van der Waals surface area (Å²) in [5, 5.41) is 14.3. The van der Waals surface area contributed by atoms with E-state index in [0.717, 1.165) is 43.3 Å². The second-order valence-electron chi connectivity index (χ2n) is 5.64. The molecule has 2 aromatic rings. The summed E-state index contributed by atoms with van der Waals surface area (Å²) >= 11 is 1.12. The Bertz CT molecular complexity index is 763. The fourth-order valence-corrected chi connectivity index (χ4v) is 3.15. The first-order valence-corrected chi connectivity index (χ1v) is 9.05. The molecule has 0 bridgehead atoms. The number of alkyl halides is 3. The predicted molar refractivity (Wildman–Crippen MR) is 88.5 cm³/mol. The molecule has 1 N–H and O–H groups in total. The minimum atomic E-state index is -4.76. The zero-order valence-corrected chi connectivity index (χ0v) is 14.8. The number of ether oxygens (including phenoxy) is 2. The molecule has 0 spiro atoms. The van der Waals surface area contributed by atoms with Crippen molar-refractivity contribution in [3.8, 4) is 11.4 Å². The minimum absolute atomic E-state index is 0.0571. The van der Waals surface area contributed by atoms with Gasteiger partial charge in [-0.3, -0.25) is 4.79 Å². The van der Waals surface area contributed by atoms with Crippen molar-refractivity contribution in [2.75, 3.05) is 18.9 Å². The highest BCUT2D eigenvalue weighted by Gasteiger charge is 2.31. The van der Waals surface area contributed by atoms with Gasteiger partial charge in [-0.05, 0) is 47.5 Å². The molecule has 1 aromatic carbocycles. The lowest BCUT2D eigenvalue weighted by atomic mass is 10.2. The van der Waals surface area contributed by atoms with Crippen molar-refractivity contribution in [3.63, 3.8) is 0 Å². The van der Waals surface area contributed by atoms with Gasteiger partial charge >= 0.3 is 6.36 Å². The summed E-state index contributed by atoms with van der Waals surface area (Å²) in [6, 6.07) is 5.10. The van der Waals surface area contributed by atoms with Gasteiger partial charge in [0.2, 0.25) is 11.1 Å². The van der Waals surface area contributed by atoms with Gasteiger partial charge in [0.25, 0.3) is 0 Å². The zero-order valence-electron chi connectivity index (χ0n) is 14.0. The predicted octanol–water partition coefficient (Wildman–Crippen LogP) is 1.95. The Morgan fingerprint density at radius 3 is 2.81 bits per heavy atom. The van der Waals surface area contributed by atoms with E-state index in [1.807, 2.05) is 0 Å². The molecule has 27 heavy (non-hydrogen) atoms. The van der Waals surface area contributed by atoms with Crippen molar-refractivity contribution in [3.05, 3.63) is 24.3 Å². The molecule has 1 atom stereocenters. The molecular weight excluding hydrogens is 387 g/mol. The molecule has 3 rings (SSSR count). The maximum Gasteiger partial charge on any atom is 0.573 e. The highest BCUT2D eigenvalue weighted by molar-refractivity contribution is 7.99. The van der Waals surface area contributed by atoms with Crippen LogP contribution >= 0.6 is 11.8 Å². The topological polar surface area (TPSA) is 91.2 Å². The van der Waals surface area contributed by atoms with Crippen molar-refractivity contribution in [2.45, 2.75) is 30.5 Å². The van der Waals surface area contributed by atoms with E-state index >= 15 is 0 Å². The number of carbonyl (C=O) groups excluding carboxylic acids is 1. The maximum absolute atomic E-state index is 12.2. The third-order valence-electron chi connectivity index (χ3n) is 3.64. The van der Waals surface area contributed by atoms with Crippen LogP contribution in [0.2, 0.25) is 0 Å². The molecule has 1 aliphatic rings. The lowest BCUT2D eigenvalue weighted by molar-refractivity contribution is -0.274. The number of thioether (sulfide) groups is 1. The number of hydrogen-bond donors (Lipinski definition) is 1. The van der Waals surface area contributed by atoms with E-state index in [1.54, 1.807) is 0 Å². The molecule has 146 valence electrons. The number of aromatic nitrogens is 4. The van der Waals surface area contributed by atoms with Crippen LogP contribution in [0.5, 0.6) is 5.75 Å². The molecule has 12 heteroatoms. The van der Waals surface area contributed by atoms with Gasteiger partial charge in [-0.1, -0.05) is 11.8 Å². The van der Waals surface area contributed by atoms with E-state index in [-0.39, 0.29) is 23.5 Å². The van der Waals surface area contributed by atoms with Gasteiger partial charge in [0.1, 0.15) is 5.75 Å². The highest BCUT2D eigenvalue weighted by Crippen LogP contribution is 2.25. The molecule has 1 aromatic heterocycles. The molecular formula is C15H16F3N5O3S. The van der Waals surface area contributed by atoms with Crippen LogP contribution < -0.4 is 10.1 Å². The van der Waals surface area contributed by atoms with E-state index < -0.39 is 6.36 Å². The van der Waals surface area contributed by atoms with Crippen LogP contribution in [0.3, 0.4) is 0 Å². The first-order chi connectivity index (χ1) is 12.9. The number of rotatable bonds is 7. The normalized spacial score (nSPS) is 17.1. The summed E-state index contributed by atoms with van der Waals surface area (Å²) in [4.78, 5) is 11.9. The SMILES string of the molecule is O=C(CSc1nnnn1-c1ccc(OC(F)(F)F)cc1)NC[C@H]1CCCO1. The summed E-state index contributed by atoms with van der Waals surface area (Å²) in [7, 11) is 0. The van der Waals surface area contributed by atoms with E-state index in [9.17, 15) is 18.0 Å². The first-order valence-electron chi connectivity index (χ1n) is 8.06. The van der Waals surface area contributed by atoms with Crippen LogP contribution in [0.25, 0.3) is 5.69 Å². The fourth-order valence-electron chi connectivity index (χ4n) is 2.43. The van der Waals surface area contributed by atoms with E-state index in [0.29, 0.717) is 17.4 Å². The summed E-state index contributed by atoms with van der Waals surface area (Å²) in [6.07, 6.45) is -2.77. The second-order valence-corrected chi connectivity index (χ2v) is 6.59. The molecule has 0 saturated carbocycles. The molecule has 1 saturated heterocycles. The number of benzene rings is 1. The zero-order chi connectivity index (χ0) is 19.3. The quantitative estimate of drug-likeness (QED) is 0.707. The van der Waals surface area contributed by atoms with Crippen LogP contribution in [0.1, 0.15) is 12.8 Å². The summed E-state index contributed by atoms with van der Waals surface area (Å²) < 4.78 is 47.2. The average molecular weight is 403 g/mol. The Hall–Kier alpha value is -2.34. The van der Waals surface area contributed by atoms with Crippen LogP contribution in [-0.2, 0) is 9.53 Å². The van der Waals surface area contributed by atoms with Gasteiger partial charge in [0, 0.05) is 13.2 Å². The van der Waals surface area contributed by atoms with E-state index in [4.69, 9.17) is 4.74 Å². The van der Waals surface area contributed by atoms with Crippen molar-refractivity contribution < 1.29 is 27.4 Å². The number of nitrogens with zero attached hydrogens (tertiary/aromatic N) is 4. The number of tetrazole rings is 1. The summed E-state index contributed by atoms with van der Waals surface area (Å²) in [5.74, 6) is -0.427. The Labute approximate surface area is 156 Å². The fraction of sp³-hybridized carbons (Fsp3) is 0.467. The van der Waals surface area contributed by atoms with Gasteiger partial charge < -0.3 is 14.8 Å². The van der Waals surface area contributed by atoms with Crippen LogP contribution in [-0.4, -0.2) is 57.5 Å². The molecule has 1 amide bonds. The highest BCUT2D eigenvalue weighted by atomic mass is 32.2. The monoisotopic (exact) mass is 403 g/mol. The number of halogens is 3. The second kappa shape index (κ2) is 8.57. The molecule has 0 aliphatic carbocycles. The van der Waals surface area contributed by atoms with Crippen LogP contribution in [0, 0.1) is 0 Å².